The van der Waals surface area contributed by atoms with Crippen LogP contribution in [-0.2, 0) is 4.74 Å². The van der Waals surface area contributed by atoms with E-state index in [1.165, 1.54) is 17.2 Å². The van der Waals surface area contributed by atoms with E-state index in [0.29, 0.717) is 6.42 Å². The van der Waals surface area contributed by atoms with Crippen LogP contribution in [0.5, 0.6) is 0 Å². The fourth-order valence-electron chi connectivity index (χ4n) is 2.43. The molecule has 1 fully saturated rings. The van der Waals surface area contributed by atoms with Gasteiger partial charge < -0.3 is 19.8 Å². The van der Waals surface area contributed by atoms with Gasteiger partial charge in [-0.3, -0.25) is 14.3 Å². The lowest BCUT2D eigenvalue weighted by atomic mass is 10.2. The molecule has 0 unspecified atom stereocenters. The molecule has 3 rings (SSSR count). The maximum atomic E-state index is 12.1. The molecule has 3 heterocycles. The summed E-state index contributed by atoms with van der Waals surface area (Å²) in [6.07, 6.45) is 1.17. The van der Waals surface area contributed by atoms with Crippen molar-refractivity contribution in [1.29, 1.82) is 0 Å². The summed E-state index contributed by atoms with van der Waals surface area (Å²) in [6, 6.07) is 0. The van der Waals surface area contributed by atoms with E-state index in [2.05, 4.69) is 19.9 Å². The van der Waals surface area contributed by atoms with E-state index in [0.717, 1.165) is 0 Å². The van der Waals surface area contributed by atoms with Gasteiger partial charge in [-0.05, 0) is 0 Å². The molecule has 2 aromatic heterocycles. The molecule has 0 amide bonds. The molecule has 1 aliphatic rings. The Morgan fingerprint density at radius 1 is 1.61 bits per heavy atom. The third-order valence-electron chi connectivity index (χ3n) is 3.47. The van der Waals surface area contributed by atoms with Crippen LogP contribution < -0.4 is 5.56 Å². The zero-order chi connectivity index (χ0) is 16.6. The van der Waals surface area contributed by atoms with Crippen molar-refractivity contribution in [1.82, 2.24) is 24.4 Å². The monoisotopic (exact) mass is 322 g/mol. The van der Waals surface area contributed by atoms with Crippen molar-refractivity contribution in [2.24, 2.45) is 4.99 Å². The summed E-state index contributed by atoms with van der Waals surface area (Å²) in [5.74, 6) is 0.129. The Bertz CT molecular complexity index is 782. The number of hydrogen-bond donors (Lipinski definition) is 3. The lowest BCUT2D eigenvalue weighted by Crippen LogP contribution is -2.20. The molecule has 0 radical (unpaired) electrons. The number of aromatic amines is 1. The minimum Gasteiger partial charge on any atom is -0.394 e. The lowest BCUT2D eigenvalue weighted by Gasteiger charge is -2.16. The number of aliphatic imine (C=N–C) groups is 1. The molecule has 124 valence electrons. The number of ether oxygens (including phenoxy) is 1. The fraction of sp³-hybridized carbons (Fsp3) is 0.538. The van der Waals surface area contributed by atoms with Crippen molar-refractivity contribution in [3.8, 4) is 0 Å². The predicted octanol–water partition coefficient (Wildman–Crippen LogP) is -1.02. The molecule has 2 aromatic rings. The maximum absolute atomic E-state index is 12.1. The van der Waals surface area contributed by atoms with Gasteiger partial charge in [-0.15, -0.1) is 0 Å². The molecule has 0 spiro atoms. The molecule has 10 heteroatoms. The Balaban J connectivity index is 2.03. The molecule has 1 saturated heterocycles. The Morgan fingerprint density at radius 2 is 2.39 bits per heavy atom. The molecule has 1 aliphatic heterocycles. The van der Waals surface area contributed by atoms with Gasteiger partial charge in [-0.25, -0.2) is 9.98 Å². The molecule has 0 aromatic carbocycles. The molecular weight excluding hydrogens is 304 g/mol. The normalized spacial score (nSPS) is 24.8. The number of rotatable bonds is 4. The zero-order valence-corrected chi connectivity index (χ0v) is 12.7. The number of hydrogen-bond acceptors (Lipinski definition) is 7. The van der Waals surface area contributed by atoms with Crippen molar-refractivity contribution in [3.63, 3.8) is 0 Å². The van der Waals surface area contributed by atoms with Gasteiger partial charge in [0.2, 0.25) is 5.95 Å². The van der Waals surface area contributed by atoms with Crippen molar-refractivity contribution in [2.75, 3.05) is 20.7 Å². The first-order chi connectivity index (χ1) is 11.0. The number of aliphatic hydroxyl groups excluding tert-OH is 2. The summed E-state index contributed by atoms with van der Waals surface area (Å²) >= 11 is 0. The quantitative estimate of drug-likeness (QED) is 0.485. The van der Waals surface area contributed by atoms with Crippen molar-refractivity contribution in [3.05, 3.63) is 16.7 Å². The van der Waals surface area contributed by atoms with Crippen molar-refractivity contribution < 1.29 is 14.9 Å². The standard InChI is InChI=1S/C13H18N6O4/c1-18(2)5-15-13-16-10-9(11(22)17-13)14-6-19(10)12-8(21)3-7(4-20)23-12/h5-8,12,20-21H,3-4H2,1-2H3,(H,16,17,22)/b15-5+/t7-,8+,12+/m0/s1. The third-order valence-corrected chi connectivity index (χ3v) is 3.47. The average molecular weight is 322 g/mol. The summed E-state index contributed by atoms with van der Waals surface area (Å²) in [4.78, 5) is 28.7. The topological polar surface area (TPSA) is 129 Å². The van der Waals surface area contributed by atoms with E-state index >= 15 is 0 Å². The smallest absolute Gasteiger partial charge is 0.280 e. The number of H-pyrrole nitrogens is 1. The molecule has 3 atom stereocenters. The summed E-state index contributed by atoms with van der Waals surface area (Å²) in [7, 11) is 3.59. The first kappa shape index (κ1) is 15.6. The minimum absolute atomic E-state index is 0.129. The van der Waals surface area contributed by atoms with Gasteiger partial charge in [-0.2, -0.15) is 4.98 Å². The molecule has 3 N–H and O–H groups in total. The van der Waals surface area contributed by atoms with Crippen LogP contribution in [0.4, 0.5) is 5.95 Å². The van der Waals surface area contributed by atoms with E-state index in [4.69, 9.17) is 9.84 Å². The van der Waals surface area contributed by atoms with Gasteiger partial charge in [-0.1, -0.05) is 0 Å². The van der Waals surface area contributed by atoms with E-state index in [1.807, 2.05) is 0 Å². The van der Waals surface area contributed by atoms with Crippen molar-refractivity contribution in [2.45, 2.75) is 24.9 Å². The highest BCUT2D eigenvalue weighted by Crippen LogP contribution is 2.30. The Labute approximate surface area is 131 Å². The molecule has 0 bridgehead atoms. The maximum Gasteiger partial charge on any atom is 0.280 e. The van der Waals surface area contributed by atoms with Gasteiger partial charge >= 0.3 is 0 Å². The second kappa shape index (κ2) is 6.07. The number of nitrogens with one attached hydrogen (secondary N) is 1. The zero-order valence-electron chi connectivity index (χ0n) is 12.7. The molecule has 23 heavy (non-hydrogen) atoms. The molecular formula is C13H18N6O4. The third kappa shape index (κ3) is 2.96. The summed E-state index contributed by atoms with van der Waals surface area (Å²) in [6.45, 7) is -0.188. The van der Waals surface area contributed by atoms with E-state index in [-0.39, 0.29) is 23.7 Å². The minimum atomic E-state index is -0.820. The van der Waals surface area contributed by atoms with E-state index in [1.54, 1.807) is 19.0 Å². The Hall–Kier alpha value is -2.30. The van der Waals surface area contributed by atoms with Gasteiger partial charge in [0, 0.05) is 20.5 Å². The number of nitrogens with zero attached hydrogens (tertiary/aromatic N) is 5. The van der Waals surface area contributed by atoms with Crippen LogP contribution in [0, 0.1) is 0 Å². The number of fused-ring (bicyclic) bond motifs is 1. The molecule has 0 aliphatic carbocycles. The fourth-order valence-corrected chi connectivity index (χ4v) is 2.43. The highest BCUT2D eigenvalue weighted by Gasteiger charge is 2.36. The van der Waals surface area contributed by atoms with Crippen molar-refractivity contribution >= 4 is 23.5 Å². The largest absolute Gasteiger partial charge is 0.394 e. The average Bonchev–Trinajstić information content (AvgIpc) is 3.08. The van der Waals surface area contributed by atoms with Gasteiger partial charge in [0.1, 0.15) is 6.10 Å². The second-order valence-electron chi connectivity index (χ2n) is 5.56. The highest BCUT2D eigenvalue weighted by atomic mass is 16.5. The van der Waals surface area contributed by atoms with Gasteiger partial charge in [0.15, 0.2) is 17.4 Å². The lowest BCUT2D eigenvalue weighted by molar-refractivity contribution is -0.0486. The first-order valence-corrected chi connectivity index (χ1v) is 7.11. The van der Waals surface area contributed by atoms with Gasteiger partial charge in [0.25, 0.3) is 5.56 Å². The highest BCUT2D eigenvalue weighted by molar-refractivity contribution is 5.71. The summed E-state index contributed by atoms with van der Waals surface area (Å²) < 4.78 is 7.06. The van der Waals surface area contributed by atoms with Crippen LogP contribution in [0.15, 0.2) is 16.1 Å². The number of imidazole rings is 1. The van der Waals surface area contributed by atoms with Crippen LogP contribution in [-0.4, -0.2) is 73.9 Å². The van der Waals surface area contributed by atoms with E-state index < -0.39 is 24.0 Å². The SMILES string of the molecule is CN(C)/C=N/c1nc2c(ncn2[C@@H]2O[C@H](CO)C[C@H]2O)c(=O)[nH]1. The van der Waals surface area contributed by atoms with Crippen LogP contribution in [0.1, 0.15) is 12.6 Å². The molecule has 0 saturated carbocycles. The Morgan fingerprint density at radius 3 is 3.04 bits per heavy atom. The summed E-state index contributed by atoms with van der Waals surface area (Å²) in [5.41, 5.74) is -0.0230. The Kier molecular flexibility index (Phi) is 4.11. The molecule has 10 nitrogen and oxygen atoms in total. The van der Waals surface area contributed by atoms with Gasteiger partial charge in [0.05, 0.1) is 25.4 Å². The van der Waals surface area contributed by atoms with Crippen LogP contribution >= 0.6 is 0 Å². The van der Waals surface area contributed by atoms with Crippen LogP contribution in [0.25, 0.3) is 11.2 Å². The first-order valence-electron chi connectivity index (χ1n) is 7.11. The second-order valence-corrected chi connectivity index (χ2v) is 5.56. The number of aliphatic hydroxyl groups is 2. The number of aromatic nitrogens is 4. The summed E-state index contributed by atoms with van der Waals surface area (Å²) in [5, 5.41) is 19.3. The predicted molar refractivity (Wildman–Crippen MR) is 81.6 cm³/mol. The van der Waals surface area contributed by atoms with Crippen LogP contribution in [0.3, 0.4) is 0 Å². The van der Waals surface area contributed by atoms with Crippen LogP contribution in [0.2, 0.25) is 0 Å². The van der Waals surface area contributed by atoms with E-state index in [9.17, 15) is 9.90 Å².